The molecule has 1 aromatic heterocycles. The Morgan fingerprint density at radius 2 is 1.94 bits per heavy atom. The van der Waals surface area contributed by atoms with Crippen molar-refractivity contribution in [1.29, 1.82) is 0 Å². The molecule has 2 N–H and O–H groups in total. The maximum atomic E-state index is 14.3. The van der Waals surface area contributed by atoms with E-state index in [-0.39, 0.29) is 35.0 Å². The number of carbonyl (C=O) groups excluding carboxylic acids is 1. The van der Waals surface area contributed by atoms with Crippen LogP contribution in [-0.4, -0.2) is 25.6 Å². The van der Waals surface area contributed by atoms with Gasteiger partial charge in [-0.2, -0.15) is 13.2 Å². The van der Waals surface area contributed by atoms with Crippen LogP contribution in [0.2, 0.25) is 0 Å². The van der Waals surface area contributed by atoms with E-state index in [1.807, 2.05) is 4.72 Å². The number of pyridine rings is 1. The Balaban J connectivity index is 2.16. The molecule has 2 aromatic rings. The van der Waals surface area contributed by atoms with Gasteiger partial charge < -0.3 is 5.32 Å². The van der Waals surface area contributed by atoms with Gasteiger partial charge in [-0.1, -0.05) is 25.8 Å². The predicted octanol–water partition coefficient (Wildman–Crippen LogP) is 4.05. The zero-order valence-corrected chi connectivity index (χ0v) is 18.7. The molecule has 11 heteroatoms. The zero-order valence-electron chi connectivity index (χ0n) is 17.9. The summed E-state index contributed by atoms with van der Waals surface area (Å²) in [5.74, 6) is 0.364. The lowest BCUT2D eigenvalue weighted by atomic mass is 10.0. The van der Waals surface area contributed by atoms with Crippen LogP contribution in [0.1, 0.15) is 47.8 Å². The first-order valence-corrected chi connectivity index (χ1v) is 11.4. The monoisotopic (exact) mass is 483 g/mol. The Hall–Kier alpha value is -3.39. The van der Waals surface area contributed by atoms with Crippen LogP contribution in [0.15, 0.2) is 30.3 Å². The summed E-state index contributed by atoms with van der Waals surface area (Å²) in [6.07, 6.45) is 4.05. The third kappa shape index (κ3) is 7.32. The molecule has 0 radical (unpaired) electrons. The van der Waals surface area contributed by atoms with Gasteiger partial charge in [-0.15, -0.1) is 6.42 Å². The van der Waals surface area contributed by atoms with E-state index in [0.717, 1.165) is 24.5 Å². The predicted molar refractivity (Wildman–Crippen MR) is 117 cm³/mol. The average molecular weight is 483 g/mol. The van der Waals surface area contributed by atoms with Crippen molar-refractivity contribution in [2.75, 3.05) is 11.0 Å². The van der Waals surface area contributed by atoms with Gasteiger partial charge in [0.05, 0.1) is 23.2 Å². The number of terminal acetylenes is 1. The van der Waals surface area contributed by atoms with E-state index in [2.05, 4.69) is 16.2 Å². The fraction of sp³-hybridized carbons (Fsp3) is 0.273. The van der Waals surface area contributed by atoms with Crippen LogP contribution in [0.3, 0.4) is 0 Å². The molecule has 0 atom stereocenters. The van der Waals surface area contributed by atoms with Crippen LogP contribution in [-0.2, 0) is 27.5 Å². The van der Waals surface area contributed by atoms with Crippen molar-refractivity contribution in [3.05, 3.63) is 64.2 Å². The van der Waals surface area contributed by atoms with Crippen LogP contribution in [0.4, 0.5) is 23.2 Å². The van der Waals surface area contributed by atoms with Gasteiger partial charge in [0.2, 0.25) is 15.9 Å². The van der Waals surface area contributed by atoms with E-state index in [1.165, 1.54) is 18.2 Å². The van der Waals surface area contributed by atoms with Crippen LogP contribution < -0.4 is 10.0 Å². The number of benzene rings is 1. The van der Waals surface area contributed by atoms with E-state index in [1.54, 1.807) is 13.8 Å². The van der Waals surface area contributed by atoms with Crippen LogP contribution >= 0.6 is 0 Å². The second-order valence-corrected chi connectivity index (χ2v) is 9.14. The van der Waals surface area contributed by atoms with Crippen molar-refractivity contribution in [1.82, 2.24) is 10.3 Å². The standard InChI is InChI=1S/C22H21F4N3O3S/c1-5-15-10-14(11-17(23)21(15)29-33(4,31)32)12-27-19(30)9-7-16-6-8-18(22(24,25)26)28-20(16)13(2)3/h1,6-11,13,29H,12H2,2-4H3,(H,27,30). The van der Waals surface area contributed by atoms with Gasteiger partial charge in [-0.05, 0) is 41.3 Å². The molecule has 0 saturated heterocycles. The fourth-order valence-electron chi connectivity index (χ4n) is 2.83. The number of hydrogen-bond acceptors (Lipinski definition) is 4. The number of alkyl halides is 3. The molecule has 0 saturated carbocycles. The van der Waals surface area contributed by atoms with Gasteiger partial charge >= 0.3 is 6.18 Å². The second-order valence-electron chi connectivity index (χ2n) is 7.39. The summed E-state index contributed by atoms with van der Waals surface area (Å²) in [4.78, 5) is 15.8. The number of nitrogens with zero attached hydrogens (tertiary/aromatic N) is 1. The molecule has 6 nitrogen and oxygen atoms in total. The van der Waals surface area contributed by atoms with Crippen molar-refractivity contribution in [2.45, 2.75) is 32.5 Å². The van der Waals surface area contributed by atoms with Gasteiger partial charge in [0, 0.05) is 12.6 Å². The number of amides is 1. The maximum absolute atomic E-state index is 14.3. The molecule has 33 heavy (non-hydrogen) atoms. The van der Waals surface area contributed by atoms with E-state index in [4.69, 9.17) is 6.42 Å². The molecular formula is C22H21F4N3O3S. The lowest BCUT2D eigenvalue weighted by Gasteiger charge is -2.13. The van der Waals surface area contributed by atoms with Crippen molar-refractivity contribution in [2.24, 2.45) is 0 Å². The van der Waals surface area contributed by atoms with Gasteiger partial charge in [-0.25, -0.2) is 17.8 Å². The summed E-state index contributed by atoms with van der Waals surface area (Å²) in [7, 11) is -3.76. The number of halogens is 4. The number of hydrogen-bond donors (Lipinski definition) is 2. The molecule has 1 amide bonds. The third-order valence-electron chi connectivity index (χ3n) is 4.27. The summed E-state index contributed by atoms with van der Waals surface area (Å²) in [5.41, 5.74) is -0.620. The smallest absolute Gasteiger partial charge is 0.348 e. The highest BCUT2D eigenvalue weighted by atomic mass is 32.2. The Bertz CT molecular complexity index is 1230. The average Bonchev–Trinajstić information content (AvgIpc) is 2.70. The maximum Gasteiger partial charge on any atom is 0.433 e. The number of rotatable bonds is 7. The lowest BCUT2D eigenvalue weighted by Crippen LogP contribution is -2.21. The first kappa shape index (κ1) is 25.9. The van der Waals surface area contributed by atoms with Gasteiger partial charge in [-0.3, -0.25) is 9.52 Å². The molecule has 176 valence electrons. The summed E-state index contributed by atoms with van der Waals surface area (Å²) in [6.45, 7) is 3.23. The summed E-state index contributed by atoms with van der Waals surface area (Å²) < 4.78 is 77.8. The van der Waals surface area contributed by atoms with Crippen molar-refractivity contribution in [3.63, 3.8) is 0 Å². The first-order chi connectivity index (χ1) is 15.2. The van der Waals surface area contributed by atoms with Gasteiger partial charge in [0.15, 0.2) is 0 Å². The van der Waals surface area contributed by atoms with E-state index in [0.29, 0.717) is 5.56 Å². The SMILES string of the molecule is C#Cc1cc(CNC(=O)C=Cc2ccc(C(F)(F)F)nc2C(C)C)cc(F)c1NS(C)(=O)=O. The second kappa shape index (κ2) is 10.0. The normalized spacial score (nSPS) is 12.1. The minimum absolute atomic E-state index is 0.0439. The van der Waals surface area contributed by atoms with E-state index < -0.39 is 33.6 Å². The highest BCUT2D eigenvalue weighted by Gasteiger charge is 2.33. The molecular weight excluding hydrogens is 462 g/mol. The molecule has 1 aromatic carbocycles. The topological polar surface area (TPSA) is 88.2 Å². The molecule has 0 aliphatic heterocycles. The number of carbonyl (C=O) groups is 1. The summed E-state index contributed by atoms with van der Waals surface area (Å²) in [5, 5.41) is 2.50. The quantitative estimate of drug-likeness (QED) is 0.354. The molecule has 2 rings (SSSR count). The number of nitrogens with one attached hydrogen (secondary N) is 2. The molecule has 0 aliphatic carbocycles. The highest BCUT2D eigenvalue weighted by molar-refractivity contribution is 7.92. The number of aromatic nitrogens is 1. The molecule has 0 aliphatic rings. The van der Waals surface area contributed by atoms with E-state index >= 15 is 0 Å². The number of sulfonamides is 1. The minimum Gasteiger partial charge on any atom is -0.348 e. The fourth-order valence-corrected chi connectivity index (χ4v) is 3.41. The largest absolute Gasteiger partial charge is 0.433 e. The van der Waals surface area contributed by atoms with Gasteiger partial charge in [0.1, 0.15) is 11.5 Å². The van der Waals surface area contributed by atoms with Crippen LogP contribution in [0.5, 0.6) is 0 Å². The Labute approximate surface area is 189 Å². The highest BCUT2D eigenvalue weighted by Crippen LogP contribution is 2.30. The Morgan fingerprint density at radius 1 is 1.27 bits per heavy atom. The Morgan fingerprint density at radius 3 is 2.48 bits per heavy atom. The van der Waals surface area contributed by atoms with Crippen LogP contribution in [0, 0.1) is 18.2 Å². The van der Waals surface area contributed by atoms with Crippen LogP contribution in [0.25, 0.3) is 6.08 Å². The van der Waals surface area contributed by atoms with Crippen molar-refractivity contribution in [3.8, 4) is 12.3 Å². The summed E-state index contributed by atoms with van der Waals surface area (Å²) >= 11 is 0. The lowest BCUT2D eigenvalue weighted by molar-refractivity contribution is -0.141. The van der Waals surface area contributed by atoms with Crippen molar-refractivity contribution >= 4 is 27.7 Å². The Kier molecular flexibility index (Phi) is 7.87. The molecule has 0 spiro atoms. The van der Waals surface area contributed by atoms with Gasteiger partial charge in [0.25, 0.3) is 0 Å². The van der Waals surface area contributed by atoms with E-state index in [9.17, 15) is 30.8 Å². The van der Waals surface area contributed by atoms with Crippen molar-refractivity contribution < 1.29 is 30.8 Å². The molecule has 0 bridgehead atoms. The first-order valence-electron chi connectivity index (χ1n) is 9.52. The zero-order chi connectivity index (χ0) is 25.0. The minimum atomic E-state index is -4.58. The third-order valence-corrected chi connectivity index (χ3v) is 4.84. The number of anilines is 1. The molecule has 0 fully saturated rings. The molecule has 0 unspecified atom stereocenters. The summed E-state index contributed by atoms with van der Waals surface area (Å²) in [6, 6.07) is 4.43. The molecule has 1 heterocycles.